The summed E-state index contributed by atoms with van der Waals surface area (Å²) in [6.45, 7) is 0.443. The Balaban J connectivity index is 1.78. The number of hydrogen-bond donors (Lipinski definition) is 3. The van der Waals surface area contributed by atoms with E-state index in [1.807, 2.05) is 24.3 Å². The van der Waals surface area contributed by atoms with E-state index in [1.165, 1.54) is 0 Å². The van der Waals surface area contributed by atoms with E-state index in [0.717, 1.165) is 15.3 Å². The van der Waals surface area contributed by atoms with Gasteiger partial charge < -0.3 is 5.32 Å². The number of hydrogen-bond acceptors (Lipinski definition) is 5. The minimum absolute atomic E-state index is 0.300. The van der Waals surface area contributed by atoms with E-state index >= 15 is 0 Å². The van der Waals surface area contributed by atoms with Crippen LogP contribution in [0.5, 0.6) is 0 Å². The van der Waals surface area contributed by atoms with Gasteiger partial charge in [-0.25, -0.2) is 14.9 Å². The number of nitrogens with one attached hydrogen (secondary N) is 3. The standard InChI is InChI=1S/C10H9N5OS/c16-9-13-8(14-15-9)5-11-10-12-6-3-1-2-4-7(6)17-10/h1-4H,5H2,(H,11,12)(H2,13,14,15,16). The van der Waals surface area contributed by atoms with E-state index in [0.29, 0.717) is 12.4 Å². The highest BCUT2D eigenvalue weighted by Crippen LogP contribution is 2.25. The average molecular weight is 247 g/mol. The molecule has 0 saturated carbocycles. The molecule has 0 radical (unpaired) electrons. The fourth-order valence-electron chi connectivity index (χ4n) is 1.50. The number of aromatic nitrogens is 4. The molecule has 0 bridgehead atoms. The molecule has 1 aromatic carbocycles. The highest BCUT2D eigenvalue weighted by molar-refractivity contribution is 7.22. The van der Waals surface area contributed by atoms with Crippen LogP contribution < -0.4 is 11.0 Å². The average Bonchev–Trinajstić information content (AvgIpc) is 2.91. The SMILES string of the molecule is O=c1[nH]nc(CNc2nc3ccccc3s2)[nH]1. The van der Waals surface area contributed by atoms with Gasteiger partial charge in [-0.2, -0.15) is 5.10 Å². The van der Waals surface area contributed by atoms with Gasteiger partial charge in [0.05, 0.1) is 16.8 Å². The molecule has 0 unspecified atom stereocenters. The van der Waals surface area contributed by atoms with Crippen molar-refractivity contribution in [3.63, 3.8) is 0 Å². The van der Waals surface area contributed by atoms with Gasteiger partial charge in [0.25, 0.3) is 0 Å². The summed E-state index contributed by atoms with van der Waals surface area (Å²) in [5.74, 6) is 0.564. The van der Waals surface area contributed by atoms with E-state index in [-0.39, 0.29) is 5.69 Å². The summed E-state index contributed by atoms with van der Waals surface area (Å²) in [5.41, 5.74) is 0.668. The Morgan fingerprint density at radius 1 is 1.35 bits per heavy atom. The number of rotatable bonds is 3. The lowest BCUT2D eigenvalue weighted by Gasteiger charge is -1.96. The molecule has 0 spiro atoms. The molecule has 3 rings (SSSR count). The second-order valence-corrected chi connectivity index (χ2v) is 4.50. The summed E-state index contributed by atoms with van der Waals surface area (Å²) in [6, 6.07) is 7.93. The van der Waals surface area contributed by atoms with Crippen LogP contribution in [0.1, 0.15) is 5.82 Å². The summed E-state index contributed by atoms with van der Waals surface area (Å²) in [7, 11) is 0. The predicted octanol–water partition coefficient (Wildman–Crippen LogP) is 1.32. The van der Waals surface area contributed by atoms with Crippen molar-refractivity contribution < 1.29 is 0 Å². The fourth-order valence-corrected chi connectivity index (χ4v) is 2.36. The van der Waals surface area contributed by atoms with Crippen molar-refractivity contribution in [1.82, 2.24) is 20.2 Å². The maximum absolute atomic E-state index is 10.8. The van der Waals surface area contributed by atoms with Crippen molar-refractivity contribution in [3.05, 3.63) is 40.6 Å². The van der Waals surface area contributed by atoms with Crippen LogP contribution in [0.25, 0.3) is 10.2 Å². The van der Waals surface area contributed by atoms with Crippen LogP contribution in [-0.4, -0.2) is 20.2 Å². The van der Waals surface area contributed by atoms with Crippen molar-refractivity contribution in [1.29, 1.82) is 0 Å². The number of H-pyrrole nitrogens is 2. The lowest BCUT2D eigenvalue weighted by Crippen LogP contribution is -2.04. The predicted molar refractivity (Wildman–Crippen MR) is 66.2 cm³/mol. The number of anilines is 1. The quantitative estimate of drug-likeness (QED) is 0.651. The lowest BCUT2D eigenvalue weighted by molar-refractivity contribution is 0.952. The van der Waals surface area contributed by atoms with Gasteiger partial charge in [0.1, 0.15) is 5.82 Å². The van der Waals surface area contributed by atoms with E-state index in [1.54, 1.807) is 11.3 Å². The van der Waals surface area contributed by atoms with Gasteiger partial charge in [0, 0.05) is 0 Å². The molecule has 0 atom stereocenters. The molecule has 7 heteroatoms. The van der Waals surface area contributed by atoms with E-state index in [4.69, 9.17) is 0 Å². The van der Waals surface area contributed by atoms with Crippen LogP contribution in [0.3, 0.4) is 0 Å². The first-order chi connectivity index (χ1) is 8.31. The maximum atomic E-state index is 10.8. The zero-order valence-corrected chi connectivity index (χ0v) is 9.54. The highest BCUT2D eigenvalue weighted by Gasteiger charge is 2.03. The highest BCUT2D eigenvalue weighted by atomic mass is 32.1. The zero-order valence-electron chi connectivity index (χ0n) is 8.73. The first kappa shape index (κ1) is 10.0. The van der Waals surface area contributed by atoms with Crippen LogP contribution in [0.15, 0.2) is 29.1 Å². The molecule has 0 amide bonds. The third-order valence-corrected chi connectivity index (χ3v) is 3.25. The smallest absolute Gasteiger partial charge is 0.340 e. The summed E-state index contributed by atoms with van der Waals surface area (Å²) >= 11 is 1.57. The third-order valence-electron chi connectivity index (χ3n) is 2.25. The zero-order chi connectivity index (χ0) is 11.7. The first-order valence-corrected chi connectivity index (χ1v) is 5.86. The third kappa shape index (κ3) is 2.04. The number of nitrogens with zero attached hydrogens (tertiary/aromatic N) is 2. The molecular formula is C10H9N5OS. The van der Waals surface area contributed by atoms with E-state index in [2.05, 4.69) is 25.5 Å². The molecule has 86 valence electrons. The van der Waals surface area contributed by atoms with Gasteiger partial charge in [-0.15, -0.1) is 0 Å². The Kier molecular flexibility index (Phi) is 2.37. The molecule has 0 aliphatic carbocycles. The molecule has 2 aromatic heterocycles. The number of fused-ring (bicyclic) bond motifs is 1. The van der Waals surface area contributed by atoms with Crippen LogP contribution >= 0.6 is 11.3 Å². The Morgan fingerprint density at radius 3 is 3.00 bits per heavy atom. The molecule has 3 aromatic rings. The summed E-state index contributed by atoms with van der Waals surface area (Å²) in [4.78, 5) is 17.8. The molecule has 0 aliphatic heterocycles. The van der Waals surface area contributed by atoms with Gasteiger partial charge in [0.15, 0.2) is 5.13 Å². The Morgan fingerprint density at radius 2 is 2.24 bits per heavy atom. The maximum Gasteiger partial charge on any atom is 0.340 e. The molecule has 0 fully saturated rings. The molecule has 0 aliphatic rings. The minimum Gasteiger partial charge on any atom is -0.354 e. The topological polar surface area (TPSA) is 86.5 Å². The van der Waals surface area contributed by atoms with Crippen LogP contribution in [0.4, 0.5) is 5.13 Å². The van der Waals surface area contributed by atoms with Crippen molar-refractivity contribution in [3.8, 4) is 0 Å². The number of thiazole rings is 1. The monoisotopic (exact) mass is 247 g/mol. The number of para-hydroxylation sites is 1. The molecule has 0 saturated heterocycles. The minimum atomic E-state index is -0.300. The molecule has 2 heterocycles. The van der Waals surface area contributed by atoms with E-state index in [9.17, 15) is 4.79 Å². The summed E-state index contributed by atoms with van der Waals surface area (Å²) in [5, 5.41) is 10.1. The van der Waals surface area contributed by atoms with Gasteiger partial charge in [-0.1, -0.05) is 23.5 Å². The largest absolute Gasteiger partial charge is 0.354 e. The van der Waals surface area contributed by atoms with Crippen molar-refractivity contribution >= 4 is 26.7 Å². The van der Waals surface area contributed by atoms with Gasteiger partial charge in [-0.3, -0.25) is 4.98 Å². The molecule has 17 heavy (non-hydrogen) atoms. The van der Waals surface area contributed by atoms with Crippen LogP contribution in [-0.2, 0) is 6.54 Å². The van der Waals surface area contributed by atoms with Crippen LogP contribution in [0.2, 0.25) is 0 Å². The summed E-state index contributed by atoms with van der Waals surface area (Å²) in [6.07, 6.45) is 0. The van der Waals surface area contributed by atoms with E-state index < -0.39 is 0 Å². The van der Waals surface area contributed by atoms with Crippen LogP contribution in [0, 0.1) is 0 Å². The van der Waals surface area contributed by atoms with Gasteiger partial charge in [-0.05, 0) is 12.1 Å². The molecule has 6 nitrogen and oxygen atoms in total. The Bertz CT molecular complexity index is 665. The Hall–Kier alpha value is -2.15. The number of aromatic amines is 2. The first-order valence-electron chi connectivity index (χ1n) is 5.04. The van der Waals surface area contributed by atoms with Gasteiger partial charge in [0.2, 0.25) is 0 Å². The summed E-state index contributed by atoms with van der Waals surface area (Å²) < 4.78 is 1.13. The second-order valence-electron chi connectivity index (χ2n) is 3.46. The molecular weight excluding hydrogens is 238 g/mol. The Labute approximate surface area is 99.7 Å². The van der Waals surface area contributed by atoms with Crippen molar-refractivity contribution in [2.45, 2.75) is 6.54 Å². The molecule has 3 N–H and O–H groups in total. The van der Waals surface area contributed by atoms with Gasteiger partial charge >= 0.3 is 5.69 Å². The lowest BCUT2D eigenvalue weighted by atomic mass is 10.3. The normalized spacial score (nSPS) is 10.8. The number of benzene rings is 1. The van der Waals surface area contributed by atoms with Crippen molar-refractivity contribution in [2.75, 3.05) is 5.32 Å². The fraction of sp³-hybridized carbons (Fsp3) is 0.100. The second kappa shape index (κ2) is 4.02. The van der Waals surface area contributed by atoms with Crippen molar-refractivity contribution in [2.24, 2.45) is 0 Å².